The summed E-state index contributed by atoms with van der Waals surface area (Å²) in [6, 6.07) is 0.613. The molecule has 0 aromatic rings. The van der Waals surface area contributed by atoms with E-state index in [0.29, 0.717) is 12.0 Å². The molecule has 2 fully saturated rings. The Labute approximate surface area is 116 Å². The van der Waals surface area contributed by atoms with Gasteiger partial charge in [-0.15, -0.1) is 0 Å². The molecule has 2 aliphatic rings. The predicted octanol–water partition coefficient (Wildman–Crippen LogP) is 1.28. The van der Waals surface area contributed by atoms with Gasteiger partial charge < -0.3 is 15.4 Å². The molecular weight excluding hydrogens is 242 g/mol. The third-order valence-corrected chi connectivity index (χ3v) is 4.02. The van der Waals surface area contributed by atoms with E-state index >= 15 is 0 Å². The van der Waals surface area contributed by atoms with Crippen LogP contribution in [0.3, 0.4) is 0 Å². The van der Waals surface area contributed by atoms with Gasteiger partial charge in [-0.3, -0.25) is 4.90 Å². The van der Waals surface area contributed by atoms with Crippen LogP contribution in [0.5, 0.6) is 0 Å². The Balaban J connectivity index is 1.88. The van der Waals surface area contributed by atoms with Gasteiger partial charge in [0.05, 0.1) is 0 Å². The normalized spacial score (nSPS) is 28.3. The van der Waals surface area contributed by atoms with Crippen LogP contribution >= 0.6 is 0 Å². The largest absolute Gasteiger partial charge is 0.444 e. The summed E-state index contributed by atoms with van der Waals surface area (Å²) in [5.41, 5.74) is 5.24. The van der Waals surface area contributed by atoms with Crippen LogP contribution in [0.15, 0.2) is 0 Å². The van der Waals surface area contributed by atoms with Gasteiger partial charge in [0.1, 0.15) is 5.60 Å². The number of amides is 1. The number of fused-ring (bicyclic) bond motifs is 1. The summed E-state index contributed by atoms with van der Waals surface area (Å²) >= 11 is 0. The molecule has 0 unspecified atom stereocenters. The topological polar surface area (TPSA) is 58.8 Å². The Morgan fingerprint density at radius 3 is 2.68 bits per heavy atom. The summed E-state index contributed by atoms with van der Waals surface area (Å²) in [7, 11) is 0. The molecule has 1 amide bonds. The molecule has 0 aromatic carbocycles. The van der Waals surface area contributed by atoms with Crippen LogP contribution in [0, 0.1) is 5.92 Å². The smallest absolute Gasteiger partial charge is 0.410 e. The molecule has 2 N–H and O–H groups in total. The van der Waals surface area contributed by atoms with E-state index < -0.39 is 5.60 Å². The van der Waals surface area contributed by atoms with E-state index in [1.54, 1.807) is 0 Å². The highest BCUT2D eigenvalue weighted by Gasteiger charge is 2.39. The minimum absolute atomic E-state index is 0.164. The molecule has 0 bridgehead atoms. The second kappa shape index (κ2) is 5.67. The van der Waals surface area contributed by atoms with Crippen LogP contribution in [-0.2, 0) is 4.74 Å². The maximum atomic E-state index is 12.1. The molecular formula is C14H27N3O2. The van der Waals surface area contributed by atoms with Crippen molar-refractivity contribution < 1.29 is 9.53 Å². The first-order valence-electron chi connectivity index (χ1n) is 7.33. The van der Waals surface area contributed by atoms with E-state index in [9.17, 15) is 4.79 Å². The fourth-order valence-electron chi connectivity index (χ4n) is 3.22. The number of rotatable bonds is 2. The lowest BCUT2D eigenvalue weighted by Crippen LogP contribution is -2.49. The molecule has 0 saturated carbocycles. The summed E-state index contributed by atoms with van der Waals surface area (Å²) in [4.78, 5) is 16.4. The Bertz CT molecular complexity index is 327. The Hall–Kier alpha value is -0.810. The molecule has 2 atom stereocenters. The zero-order chi connectivity index (χ0) is 14.0. The van der Waals surface area contributed by atoms with Crippen LogP contribution in [-0.4, -0.2) is 60.3 Å². The van der Waals surface area contributed by atoms with E-state index in [1.165, 1.54) is 6.42 Å². The number of hydrogen-bond donors (Lipinski definition) is 1. The van der Waals surface area contributed by atoms with Gasteiger partial charge in [-0.05, 0) is 46.1 Å². The van der Waals surface area contributed by atoms with Crippen molar-refractivity contribution in [3.8, 4) is 0 Å². The maximum Gasteiger partial charge on any atom is 0.410 e. The number of nitrogens with zero attached hydrogens (tertiary/aromatic N) is 2. The molecule has 0 radical (unpaired) electrons. The Kier molecular flexibility index (Phi) is 4.36. The van der Waals surface area contributed by atoms with Crippen molar-refractivity contribution in [2.75, 3.05) is 32.7 Å². The van der Waals surface area contributed by atoms with Crippen LogP contribution in [0.4, 0.5) is 4.79 Å². The van der Waals surface area contributed by atoms with Crippen LogP contribution in [0.2, 0.25) is 0 Å². The number of nitrogens with two attached hydrogens (primary N) is 1. The van der Waals surface area contributed by atoms with Crippen molar-refractivity contribution in [1.29, 1.82) is 0 Å². The van der Waals surface area contributed by atoms with Gasteiger partial charge in [-0.2, -0.15) is 0 Å². The highest BCUT2D eigenvalue weighted by atomic mass is 16.6. The molecule has 19 heavy (non-hydrogen) atoms. The number of ether oxygens (including phenoxy) is 1. The Morgan fingerprint density at radius 1 is 1.32 bits per heavy atom. The van der Waals surface area contributed by atoms with E-state index in [2.05, 4.69) is 4.90 Å². The number of likely N-dealkylation sites (tertiary alicyclic amines) is 2. The lowest BCUT2D eigenvalue weighted by molar-refractivity contribution is 0.0116. The van der Waals surface area contributed by atoms with Gasteiger partial charge in [0.25, 0.3) is 0 Å². The minimum Gasteiger partial charge on any atom is -0.444 e. The summed E-state index contributed by atoms with van der Waals surface area (Å²) in [6.45, 7) is 10.2. The van der Waals surface area contributed by atoms with Gasteiger partial charge in [-0.1, -0.05) is 0 Å². The van der Waals surface area contributed by atoms with Crippen LogP contribution < -0.4 is 5.73 Å². The molecule has 2 heterocycles. The average molecular weight is 269 g/mol. The molecule has 5 nitrogen and oxygen atoms in total. The fourth-order valence-corrected chi connectivity index (χ4v) is 3.22. The zero-order valence-electron chi connectivity index (χ0n) is 12.4. The monoisotopic (exact) mass is 269 g/mol. The highest BCUT2D eigenvalue weighted by Crippen LogP contribution is 2.31. The number of piperidine rings is 1. The van der Waals surface area contributed by atoms with Crippen molar-refractivity contribution in [3.05, 3.63) is 0 Å². The number of hydrogen-bond acceptors (Lipinski definition) is 4. The van der Waals surface area contributed by atoms with Gasteiger partial charge in [0.2, 0.25) is 0 Å². The van der Waals surface area contributed by atoms with Gasteiger partial charge in [0, 0.05) is 32.2 Å². The van der Waals surface area contributed by atoms with E-state index in [-0.39, 0.29) is 6.09 Å². The summed E-state index contributed by atoms with van der Waals surface area (Å²) < 4.78 is 5.45. The molecule has 0 aliphatic carbocycles. The van der Waals surface area contributed by atoms with E-state index in [4.69, 9.17) is 10.5 Å². The molecule has 0 aromatic heterocycles. The summed E-state index contributed by atoms with van der Waals surface area (Å²) in [5, 5.41) is 0. The molecule has 2 rings (SSSR count). The Morgan fingerprint density at radius 2 is 2.05 bits per heavy atom. The maximum absolute atomic E-state index is 12.1. The fraction of sp³-hybridized carbons (Fsp3) is 0.929. The zero-order valence-corrected chi connectivity index (χ0v) is 12.4. The SMILES string of the molecule is CC(C)(C)OC(=O)N1CC[C@H]2[C@@H](CCN2CCN)C1. The second-order valence-corrected chi connectivity index (χ2v) is 6.66. The minimum atomic E-state index is -0.408. The second-order valence-electron chi connectivity index (χ2n) is 6.66. The molecule has 5 heteroatoms. The first-order chi connectivity index (χ1) is 8.90. The third-order valence-electron chi connectivity index (χ3n) is 4.02. The molecule has 0 spiro atoms. The van der Waals surface area contributed by atoms with E-state index in [0.717, 1.165) is 39.1 Å². The predicted molar refractivity (Wildman–Crippen MR) is 74.9 cm³/mol. The quantitative estimate of drug-likeness (QED) is 0.820. The van der Waals surface area contributed by atoms with Crippen molar-refractivity contribution in [2.24, 2.45) is 11.7 Å². The van der Waals surface area contributed by atoms with Gasteiger partial charge in [-0.25, -0.2) is 4.79 Å². The average Bonchev–Trinajstić information content (AvgIpc) is 2.70. The highest BCUT2D eigenvalue weighted by molar-refractivity contribution is 5.68. The van der Waals surface area contributed by atoms with Gasteiger partial charge in [0.15, 0.2) is 0 Å². The molecule has 110 valence electrons. The molecule has 2 saturated heterocycles. The van der Waals surface area contributed by atoms with Gasteiger partial charge >= 0.3 is 6.09 Å². The lowest BCUT2D eigenvalue weighted by Gasteiger charge is -2.38. The first-order valence-corrected chi connectivity index (χ1v) is 7.33. The molecule has 2 aliphatic heterocycles. The standard InChI is InChI=1S/C14H27N3O2/c1-14(2,3)19-13(18)17-8-5-12-11(10-17)4-7-16(12)9-6-15/h11-12H,4-10,15H2,1-3H3/t11-,12-/m0/s1. The van der Waals surface area contributed by atoms with Crippen molar-refractivity contribution in [3.63, 3.8) is 0 Å². The summed E-state index contributed by atoms with van der Waals surface area (Å²) in [6.07, 6.45) is 2.05. The van der Waals surface area contributed by atoms with Crippen LogP contribution in [0.25, 0.3) is 0 Å². The number of carbonyl (C=O) groups excluding carboxylic acids is 1. The third kappa shape index (κ3) is 3.60. The summed E-state index contributed by atoms with van der Waals surface area (Å²) in [5.74, 6) is 0.591. The van der Waals surface area contributed by atoms with Crippen molar-refractivity contribution in [1.82, 2.24) is 9.80 Å². The van der Waals surface area contributed by atoms with E-state index in [1.807, 2.05) is 25.7 Å². The van der Waals surface area contributed by atoms with Crippen LogP contribution in [0.1, 0.15) is 33.6 Å². The number of carbonyl (C=O) groups is 1. The first kappa shape index (κ1) is 14.6. The van der Waals surface area contributed by atoms with Crippen molar-refractivity contribution >= 4 is 6.09 Å². The lowest BCUT2D eigenvalue weighted by atomic mass is 9.93. The van der Waals surface area contributed by atoms with Crippen molar-refractivity contribution in [2.45, 2.75) is 45.3 Å².